The lowest BCUT2D eigenvalue weighted by atomic mass is 10.1. The van der Waals surface area contributed by atoms with Crippen LogP contribution in [0.25, 0.3) is 0 Å². The molecule has 3 aromatic rings. The van der Waals surface area contributed by atoms with Gasteiger partial charge in [-0.15, -0.1) is 10.2 Å². The maximum Gasteiger partial charge on any atom is 0.328 e. The van der Waals surface area contributed by atoms with E-state index in [1.54, 1.807) is 0 Å². The van der Waals surface area contributed by atoms with Crippen molar-refractivity contribution in [1.29, 1.82) is 0 Å². The molecule has 1 heterocycles. The van der Waals surface area contributed by atoms with E-state index in [9.17, 15) is 9.59 Å². The summed E-state index contributed by atoms with van der Waals surface area (Å²) in [6, 6.07) is 18.4. The summed E-state index contributed by atoms with van der Waals surface area (Å²) in [5.74, 6) is -0.617. The molecule has 1 amide bonds. The Morgan fingerprint density at radius 3 is 2.45 bits per heavy atom. The van der Waals surface area contributed by atoms with Gasteiger partial charge in [0.15, 0.2) is 4.34 Å². The van der Waals surface area contributed by atoms with Crippen molar-refractivity contribution in [3.63, 3.8) is 0 Å². The summed E-state index contributed by atoms with van der Waals surface area (Å²) in [4.78, 5) is 24.4. The second kappa shape index (κ2) is 10.6. The van der Waals surface area contributed by atoms with Crippen molar-refractivity contribution in [2.24, 2.45) is 0 Å². The molecule has 0 aliphatic heterocycles. The minimum atomic E-state index is -0.736. The zero-order valence-electron chi connectivity index (χ0n) is 15.7. The topological polar surface area (TPSA) is 93.2 Å². The molecule has 150 valence electrons. The molecule has 0 spiro atoms. The smallest absolute Gasteiger partial charge is 0.328 e. The van der Waals surface area contributed by atoms with E-state index in [1.165, 1.54) is 30.2 Å². The van der Waals surface area contributed by atoms with Crippen LogP contribution < -0.4 is 10.6 Å². The van der Waals surface area contributed by atoms with E-state index in [1.807, 2.05) is 60.7 Å². The zero-order chi connectivity index (χ0) is 20.5. The van der Waals surface area contributed by atoms with E-state index in [0.29, 0.717) is 15.9 Å². The van der Waals surface area contributed by atoms with Gasteiger partial charge in [0.1, 0.15) is 6.04 Å². The number of ether oxygens (including phenoxy) is 1. The van der Waals surface area contributed by atoms with Crippen molar-refractivity contribution in [2.75, 3.05) is 18.2 Å². The number of para-hydroxylation sites is 1. The fourth-order valence-electron chi connectivity index (χ4n) is 2.51. The van der Waals surface area contributed by atoms with Crippen molar-refractivity contribution in [3.05, 3.63) is 66.2 Å². The van der Waals surface area contributed by atoms with Crippen molar-refractivity contribution >= 4 is 45.8 Å². The van der Waals surface area contributed by atoms with E-state index in [0.717, 1.165) is 11.3 Å². The number of nitrogens with zero attached hydrogens (tertiary/aromatic N) is 2. The average molecular weight is 429 g/mol. The lowest BCUT2D eigenvalue weighted by Crippen LogP contribution is -2.43. The predicted octanol–water partition coefficient (Wildman–Crippen LogP) is 3.27. The zero-order valence-corrected chi connectivity index (χ0v) is 17.3. The van der Waals surface area contributed by atoms with E-state index in [2.05, 4.69) is 20.8 Å². The van der Waals surface area contributed by atoms with Crippen LogP contribution in [0.2, 0.25) is 0 Å². The summed E-state index contributed by atoms with van der Waals surface area (Å²) >= 11 is 2.63. The molecule has 1 unspecified atom stereocenters. The Morgan fingerprint density at radius 1 is 1.07 bits per heavy atom. The molecule has 0 aliphatic carbocycles. The van der Waals surface area contributed by atoms with Gasteiger partial charge in [-0.2, -0.15) is 0 Å². The minimum absolute atomic E-state index is 0.127. The molecule has 1 atom stereocenters. The van der Waals surface area contributed by atoms with Crippen LogP contribution in [0.15, 0.2) is 65.0 Å². The molecule has 2 aromatic carbocycles. The van der Waals surface area contributed by atoms with Gasteiger partial charge in [0.2, 0.25) is 11.0 Å². The highest BCUT2D eigenvalue weighted by molar-refractivity contribution is 8.01. The molecule has 29 heavy (non-hydrogen) atoms. The first-order valence-corrected chi connectivity index (χ1v) is 10.6. The van der Waals surface area contributed by atoms with Gasteiger partial charge in [-0.3, -0.25) is 4.79 Å². The first-order chi connectivity index (χ1) is 14.1. The van der Waals surface area contributed by atoms with Gasteiger partial charge in [0.05, 0.1) is 12.9 Å². The third kappa shape index (κ3) is 6.58. The first-order valence-electron chi connectivity index (χ1n) is 8.83. The van der Waals surface area contributed by atoms with Gasteiger partial charge in [-0.05, 0) is 17.7 Å². The number of carbonyl (C=O) groups excluding carboxylic acids is 2. The molecule has 1 aromatic heterocycles. The molecule has 0 bridgehead atoms. The lowest BCUT2D eigenvalue weighted by molar-refractivity contribution is -0.144. The van der Waals surface area contributed by atoms with Crippen molar-refractivity contribution in [1.82, 2.24) is 15.5 Å². The van der Waals surface area contributed by atoms with Crippen LogP contribution >= 0.6 is 23.1 Å². The quantitative estimate of drug-likeness (QED) is 0.399. The molecule has 2 N–H and O–H groups in total. The summed E-state index contributed by atoms with van der Waals surface area (Å²) < 4.78 is 5.48. The number of benzene rings is 2. The SMILES string of the molecule is COC(=O)C(Cc1ccccc1)NC(=O)CSc1nnc(Nc2ccccc2)s1. The number of hydrogen-bond donors (Lipinski definition) is 2. The maximum absolute atomic E-state index is 12.3. The number of hydrogen-bond acceptors (Lipinski definition) is 8. The fraction of sp³-hybridized carbons (Fsp3) is 0.200. The van der Waals surface area contributed by atoms with Gasteiger partial charge >= 0.3 is 5.97 Å². The van der Waals surface area contributed by atoms with Crippen LogP contribution in [-0.4, -0.2) is 41.0 Å². The summed E-state index contributed by atoms with van der Waals surface area (Å²) in [5.41, 5.74) is 1.86. The Kier molecular flexibility index (Phi) is 7.60. The number of nitrogens with one attached hydrogen (secondary N) is 2. The molecule has 7 nitrogen and oxygen atoms in total. The number of amides is 1. The average Bonchev–Trinajstić information content (AvgIpc) is 3.20. The highest BCUT2D eigenvalue weighted by Crippen LogP contribution is 2.27. The van der Waals surface area contributed by atoms with Crippen LogP contribution in [0.1, 0.15) is 5.56 Å². The third-order valence-electron chi connectivity index (χ3n) is 3.86. The summed E-state index contributed by atoms with van der Waals surface area (Å²) in [6.07, 6.45) is 0.369. The number of aromatic nitrogens is 2. The summed E-state index contributed by atoms with van der Waals surface area (Å²) in [5, 5.41) is 14.7. The number of rotatable bonds is 9. The van der Waals surface area contributed by atoms with Crippen LogP contribution in [0.3, 0.4) is 0 Å². The second-order valence-corrected chi connectivity index (χ2v) is 8.19. The minimum Gasteiger partial charge on any atom is -0.467 e. The summed E-state index contributed by atoms with van der Waals surface area (Å²) in [7, 11) is 1.31. The van der Waals surface area contributed by atoms with Gasteiger partial charge < -0.3 is 15.4 Å². The van der Waals surface area contributed by atoms with E-state index in [-0.39, 0.29) is 11.7 Å². The number of esters is 1. The highest BCUT2D eigenvalue weighted by atomic mass is 32.2. The number of thioether (sulfide) groups is 1. The van der Waals surface area contributed by atoms with Gasteiger partial charge in [0.25, 0.3) is 0 Å². The number of anilines is 2. The monoisotopic (exact) mass is 428 g/mol. The van der Waals surface area contributed by atoms with Gasteiger partial charge in [-0.1, -0.05) is 71.6 Å². The van der Waals surface area contributed by atoms with Crippen molar-refractivity contribution in [3.8, 4) is 0 Å². The standard InChI is InChI=1S/C20H20N4O3S2/c1-27-18(26)16(12-14-8-4-2-5-9-14)22-17(25)13-28-20-24-23-19(29-20)21-15-10-6-3-7-11-15/h2-11,16H,12-13H2,1H3,(H,21,23)(H,22,25). The Labute approximate surface area is 176 Å². The lowest BCUT2D eigenvalue weighted by Gasteiger charge is -2.16. The molecule has 0 fully saturated rings. The van der Waals surface area contributed by atoms with Crippen LogP contribution in [0, 0.1) is 0 Å². The molecule has 3 rings (SSSR count). The predicted molar refractivity (Wildman–Crippen MR) is 114 cm³/mol. The summed E-state index contributed by atoms with van der Waals surface area (Å²) in [6.45, 7) is 0. The Hall–Kier alpha value is -2.91. The fourth-order valence-corrected chi connectivity index (χ4v) is 4.10. The third-order valence-corrected chi connectivity index (χ3v) is 5.83. The van der Waals surface area contributed by atoms with E-state index >= 15 is 0 Å². The Morgan fingerprint density at radius 2 is 1.76 bits per heavy atom. The van der Waals surface area contributed by atoms with Crippen LogP contribution in [0.5, 0.6) is 0 Å². The Balaban J connectivity index is 1.52. The number of methoxy groups -OCH3 is 1. The van der Waals surface area contributed by atoms with E-state index in [4.69, 9.17) is 4.74 Å². The molecule has 0 saturated carbocycles. The molecule has 0 radical (unpaired) electrons. The van der Waals surface area contributed by atoms with Crippen molar-refractivity contribution in [2.45, 2.75) is 16.8 Å². The Bertz CT molecular complexity index is 935. The normalized spacial score (nSPS) is 11.5. The van der Waals surface area contributed by atoms with E-state index < -0.39 is 12.0 Å². The van der Waals surface area contributed by atoms with Gasteiger partial charge in [0, 0.05) is 12.1 Å². The molecule has 0 aliphatic rings. The first kappa shape index (κ1) is 20.8. The van der Waals surface area contributed by atoms with Crippen LogP contribution in [0.4, 0.5) is 10.8 Å². The molecular formula is C20H20N4O3S2. The van der Waals surface area contributed by atoms with Crippen molar-refractivity contribution < 1.29 is 14.3 Å². The van der Waals surface area contributed by atoms with Crippen LogP contribution in [-0.2, 0) is 20.7 Å². The molecule has 9 heteroatoms. The number of carbonyl (C=O) groups is 2. The largest absolute Gasteiger partial charge is 0.467 e. The second-order valence-electron chi connectivity index (χ2n) is 5.99. The molecule has 0 saturated heterocycles. The maximum atomic E-state index is 12.3. The highest BCUT2D eigenvalue weighted by Gasteiger charge is 2.22. The molecular weight excluding hydrogens is 408 g/mol. The van der Waals surface area contributed by atoms with Gasteiger partial charge in [-0.25, -0.2) is 4.79 Å².